The summed E-state index contributed by atoms with van der Waals surface area (Å²) in [5, 5.41) is 3.61. The van der Waals surface area contributed by atoms with E-state index in [0.29, 0.717) is 11.8 Å². The number of hydrogen-bond acceptors (Lipinski definition) is 1. The standard InChI is InChI=1S/C18H30FN/c1-6-15(7-2)16(13-20-18(3,4)5)11-14-9-8-10-17(19)12-14/h8-10,12,15-16,20H,6-7,11,13H2,1-5H3. The van der Waals surface area contributed by atoms with Gasteiger partial charge in [-0.05, 0) is 63.3 Å². The van der Waals surface area contributed by atoms with Gasteiger partial charge in [-0.3, -0.25) is 0 Å². The van der Waals surface area contributed by atoms with Crippen molar-refractivity contribution < 1.29 is 4.39 Å². The first-order valence-corrected chi connectivity index (χ1v) is 7.85. The summed E-state index contributed by atoms with van der Waals surface area (Å²) in [5.74, 6) is 1.12. The van der Waals surface area contributed by atoms with Gasteiger partial charge in [0.05, 0.1) is 0 Å². The van der Waals surface area contributed by atoms with E-state index < -0.39 is 0 Å². The minimum absolute atomic E-state index is 0.130. The molecule has 2 heteroatoms. The molecule has 0 amide bonds. The molecule has 1 nitrogen and oxygen atoms in total. The molecule has 0 aromatic heterocycles. The lowest BCUT2D eigenvalue weighted by molar-refractivity contribution is 0.270. The second-order valence-electron chi connectivity index (χ2n) is 6.80. The third-order valence-electron chi connectivity index (χ3n) is 4.00. The van der Waals surface area contributed by atoms with Crippen LogP contribution in [-0.2, 0) is 6.42 Å². The Morgan fingerprint density at radius 3 is 2.25 bits per heavy atom. The number of nitrogens with one attached hydrogen (secondary N) is 1. The highest BCUT2D eigenvalue weighted by atomic mass is 19.1. The zero-order valence-corrected chi connectivity index (χ0v) is 13.7. The predicted octanol–water partition coefficient (Wildman–Crippen LogP) is 4.81. The van der Waals surface area contributed by atoms with E-state index in [9.17, 15) is 4.39 Å². The van der Waals surface area contributed by atoms with Crippen molar-refractivity contribution in [2.24, 2.45) is 11.8 Å². The average Bonchev–Trinajstić information content (AvgIpc) is 2.36. The van der Waals surface area contributed by atoms with Gasteiger partial charge in [0.25, 0.3) is 0 Å². The summed E-state index contributed by atoms with van der Waals surface area (Å²) < 4.78 is 13.3. The van der Waals surface area contributed by atoms with Crippen LogP contribution in [0.4, 0.5) is 4.39 Å². The molecule has 0 saturated heterocycles. The highest BCUT2D eigenvalue weighted by Crippen LogP contribution is 2.24. The molecule has 1 atom stereocenters. The lowest BCUT2D eigenvalue weighted by Crippen LogP contribution is -2.41. The molecule has 114 valence electrons. The zero-order valence-electron chi connectivity index (χ0n) is 13.7. The topological polar surface area (TPSA) is 12.0 Å². The number of halogens is 1. The van der Waals surface area contributed by atoms with Crippen LogP contribution in [0, 0.1) is 17.7 Å². The molecule has 1 N–H and O–H groups in total. The van der Waals surface area contributed by atoms with Gasteiger partial charge >= 0.3 is 0 Å². The van der Waals surface area contributed by atoms with E-state index >= 15 is 0 Å². The second-order valence-corrected chi connectivity index (χ2v) is 6.80. The Balaban J connectivity index is 2.76. The molecule has 0 saturated carbocycles. The molecule has 0 aliphatic carbocycles. The van der Waals surface area contributed by atoms with Crippen molar-refractivity contribution in [3.8, 4) is 0 Å². The third-order valence-corrected chi connectivity index (χ3v) is 4.00. The van der Waals surface area contributed by atoms with Crippen LogP contribution in [0.3, 0.4) is 0 Å². The Labute approximate surface area is 124 Å². The van der Waals surface area contributed by atoms with Crippen molar-refractivity contribution in [2.45, 2.75) is 59.4 Å². The molecule has 0 radical (unpaired) electrons. The highest BCUT2D eigenvalue weighted by Gasteiger charge is 2.21. The van der Waals surface area contributed by atoms with E-state index in [1.807, 2.05) is 12.1 Å². The fraction of sp³-hybridized carbons (Fsp3) is 0.667. The summed E-state index contributed by atoms with van der Waals surface area (Å²) in [5.41, 5.74) is 1.24. The first-order chi connectivity index (χ1) is 9.35. The molecule has 0 heterocycles. The van der Waals surface area contributed by atoms with Gasteiger partial charge in [0.1, 0.15) is 5.82 Å². The maximum Gasteiger partial charge on any atom is 0.123 e. The Hall–Kier alpha value is -0.890. The molecule has 20 heavy (non-hydrogen) atoms. The Morgan fingerprint density at radius 2 is 1.75 bits per heavy atom. The molecule has 0 aliphatic heterocycles. The minimum atomic E-state index is -0.130. The Bertz CT molecular complexity index is 391. The van der Waals surface area contributed by atoms with E-state index in [0.717, 1.165) is 18.5 Å². The van der Waals surface area contributed by atoms with Crippen molar-refractivity contribution in [3.05, 3.63) is 35.6 Å². The molecule has 1 rings (SSSR count). The number of hydrogen-bond donors (Lipinski definition) is 1. The molecule has 1 aromatic rings. The summed E-state index contributed by atoms with van der Waals surface area (Å²) >= 11 is 0. The smallest absolute Gasteiger partial charge is 0.123 e. The lowest BCUT2D eigenvalue weighted by Gasteiger charge is -2.30. The predicted molar refractivity (Wildman–Crippen MR) is 85.4 cm³/mol. The summed E-state index contributed by atoms with van der Waals surface area (Å²) in [6.07, 6.45) is 3.32. The summed E-state index contributed by atoms with van der Waals surface area (Å²) in [6, 6.07) is 7.04. The fourth-order valence-electron chi connectivity index (χ4n) is 2.76. The van der Waals surface area contributed by atoms with Gasteiger partial charge in [-0.25, -0.2) is 4.39 Å². The monoisotopic (exact) mass is 279 g/mol. The van der Waals surface area contributed by atoms with Crippen LogP contribution in [0.5, 0.6) is 0 Å². The first-order valence-electron chi connectivity index (χ1n) is 7.85. The number of benzene rings is 1. The quantitative estimate of drug-likeness (QED) is 0.755. The van der Waals surface area contributed by atoms with E-state index in [2.05, 4.69) is 39.9 Å². The van der Waals surface area contributed by atoms with Crippen LogP contribution < -0.4 is 5.32 Å². The summed E-state index contributed by atoms with van der Waals surface area (Å²) in [7, 11) is 0. The number of rotatable bonds is 7. The molecule has 1 aromatic carbocycles. The average molecular weight is 279 g/mol. The first kappa shape index (κ1) is 17.2. The molecular formula is C18H30FN. The molecular weight excluding hydrogens is 249 g/mol. The Kier molecular flexibility index (Phi) is 6.67. The maximum atomic E-state index is 13.3. The van der Waals surface area contributed by atoms with Gasteiger partial charge in [0.2, 0.25) is 0 Å². The van der Waals surface area contributed by atoms with Crippen LogP contribution in [-0.4, -0.2) is 12.1 Å². The van der Waals surface area contributed by atoms with Gasteiger partial charge in [-0.2, -0.15) is 0 Å². The van der Waals surface area contributed by atoms with Crippen molar-refractivity contribution in [1.82, 2.24) is 5.32 Å². The largest absolute Gasteiger partial charge is 0.312 e. The molecule has 1 unspecified atom stereocenters. The van der Waals surface area contributed by atoms with Crippen LogP contribution in [0.25, 0.3) is 0 Å². The van der Waals surface area contributed by atoms with Gasteiger partial charge in [0, 0.05) is 5.54 Å². The minimum Gasteiger partial charge on any atom is -0.312 e. The van der Waals surface area contributed by atoms with Crippen molar-refractivity contribution in [3.63, 3.8) is 0 Å². The van der Waals surface area contributed by atoms with Crippen molar-refractivity contribution in [2.75, 3.05) is 6.54 Å². The van der Waals surface area contributed by atoms with Crippen LogP contribution in [0.2, 0.25) is 0 Å². The normalized spacial score (nSPS) is 13.8. The zero-order chi connectivity index (χ0) is 15.2. The van der Waals surface area contributed by atoms with Gasteiger partial charge in [-0.1, -0.05) is 38.8 Å². The van der Waals surface area contributed by atoms with Crippen LogP contribution >= 0.6 is 0 Å². The van der Waals surface area contributed by atoms with Crippen LogP contribution in [0.1, 0.15) is 53.0 Å². The van der Waals surface area contributed by atoms with Gasteiger partial charge in [0.15, 0.2) is 0 Å². The molecule has 0 fully saturated rings. The van der Waals surface area contributed by atoms with Gasteiger partial charge < -0.3 is 5.32 Å². The third kappa shape index (κ3) is 6.04. The summed E-state index contributed by atoms with van der Waals surface area (Å²) in [6.45, 7) is 12.1. The van der Waals surface area contributed by atoms with E-state index in [-0.39, 0.29) is 11.4 Å². The Morgan fingerprint density at radius 1 is 1.10 bits per heavy atom. The second kappa shape index (κ2) is 7.78. The maximum absolute atomic E-state index is 13.3. The SMILES string of the molecule is CCC(CC)C(CNC(C)(C)C)Cc1cccc(F)c1. The molecule has 0 aliphatic rings. The highest BCUT2D eigenvalue weighted by molar-refractivity contribution is 5.17. The van der Waals surface area contributed by atoms with E-state index in [4.69, 9.17) is 0 Å². The van der Waals surface area contributed by atoms with Crippen molar-refractivity contribution >= 4 is 0 Å². The fourth-order valence-corrected chi connectivity index (χ4v) is 2.76. The van der Waals surface area contributed by atoms with E-state index in [1.54, 1.807) is 6.07 Å². The van der Waals surface area contributed by atoms with Crippen LogP contribution in [0.15, 0.2) is 24.3 Å². The lowest BCUT2D eigenvalue weighted by atomic mass is 9.83. The van der Waals surface area contributed by atoms with E-state index in [1.165, 1.54) is 18.9 Å². The van der Waals surface area contributed by atoms with Crippen molar-refractivity contribution in [1.29, 1.82) is 0 Å². The molecule has 0 spiro atoms. The summed E-state index contributed by atoms with van der Waals surface area (Å²) in [4.78, 5) is 0. The molecule has 0 bridgehead atoms. The van der Waals surface area contributed by atoms with Gasteiger partial charge in [-0.15, -0.1) is 0 Å².